The molecule has 3 heterocycles. The number of piperidine rings is 1. The lowest BCUT2D eigenvalue weighted by Gasteiger charge is -2.53. The Morgan fingerprint density at radius 2 is 1.87 bits per heavy atom. The van der Waals surface area contributed by atoms with Crippen LogP contribution in [0.25, 0.3) is 5.69 Å². The molecule has 1 saturated heterocycles. The smallest absolute Gasteiger partial charge is 0.0991 e. The highest BCUT2D eigenvalue weighted by atomic mass is 16.3. The predicted molar refractivity (Wildman–Crippen MR) is 117 cm³/mol. The Balaban J connectivity index is 1.37. The van der Waals surface area contributed by atoms with E-state index >= 15 is 0 Å². The summed E-state index contributed by atoms with van der Waals surface area (Å²) in [6.07, 6.45) is 7.00. The molecular formula is C25H30N4O. The van der Waals surface area contributed by atoms with E-state index in [0.29, 0.717) is 0 Å². The zero-order chi connectivity index (χ0) is 20.7. The van der Waals surface area contributed by atoms with Crippen molar-refractivity contribution in [3.05, 3.63) is 77.4 Å². The number of hydrogen-bond acceptors (Lipinski definition) is 4. The molecule has 2 atom stereocenters. The Kier molecular flexibility index (Phi) is 4.95. The molecule has 2 aromatic heterocycles. The van der Waals surface area contributed by atoms with E-state index in [1.54, 1.807) is 6.20 Å². The molecule has 5 rings (SSSR count). The summed E-state index contributed by atoms with van der Waals surface area (Å²) in [4.78, 5) is 6.81. The van der Waals surface area contributed by atoms with Gasteiger partial charge in [0.05, 0.1) is 17.0 Å². The van der Waals surface area contributed by atoms with Crippen LogP contribution >= 0.6 is 0 Å². The zero-order valence-corrected chi connectivity index (χ0v) is 17.8. The molecule has 1 N–H and O–H groups in total. The fourth-order valence-electron chi connectivity index (χ4n) is 5.68. The molecule has 2 bridgehead atoms. The van der Waals surface area contributed by atoms with Gasteiger partial charge in [-0.25, -0.2) is 4.68 Å². The highest BCUT2D eigenvalue weighted by Crippen LogP contribution is 2.49. The first-order chi connectivity index (χ1) is 14.5. The number of pyridine rings is 1. The standard InChI is InChI=1S/C25H30N4O/c1-18-12-19(2)29(27-18)24-10-3-6-20(13-24)15-28-16-22-7-4-8-23(17-28)25(22,30)21-9-5-11-26-14-21/h3,5-6,9-14,22-23,30H,4,7-8,15-17H2,1-2H3. The lowest BCUT2D eigenvalue weighted by molar-refractivity contribution is -0.148. The summed E-state index contributed by atoms with van der Waals surface area (Å²) in [5.41, 5.74) is 4.85. The normalized spacial score (nSPS) is 26.6. The van der Waals surface area contributed by atoms with Gasteiger partial charge >= 0.3 is 0 Å². The van der Waals surface area contributed by atoms with Crippen LogP contribution in [0.1, 0.15) is 41.8 Å². The maximum absolute atomic E-state index is 11.8. The molecule has 2 unspecified atom stereocenters. The van der Waals surface area contributed by atoms with Crippen LogP contribution in [0.2, 0.25) is 0 Å². The predicted octanol–water partition coefficient (Wildman–Crippen LogP) is 4.00. The third-order valence-corrected chi connectivity index (χ3v) is 7.00. The average Bonchev–Trinajstić information content (AvgIpc) is 3.08. The molecule has 0 amide bonds. The fraction of sp³-hybridized carbons (Fsp3) is 0.440. The number of aryl methyl sites for hydroxylation is 2. The van der Waals surface area contributed by atoms with Gasteiger partial charge in [-0.1, -0.05) is 24.6 Å². The van der Waals surface area contributed by atoms with Gasteiger partial charge in [0, 0.05) is 55.1 Å². The molecule has 1 aliphatic carbocycles. The van der Waals surface area contributed by atoms with Crippen molar-refractivity contribution in [2.75, 3.05) is 13.1 Å². The molecule has 1 saturated carbocycles. The number of benzene rings is 1. The highest BCUT2D eigenvalue weighted by molar-refractivity contribution is 5.37. The average molecular weight is 403 g/mol. The van der Waals surface area contributed by atoms with Crippen LogP contribution in [-0.2, 0) is 12.1 Å². The quantitative estimate of drug-likeness (QED) is 0.717. The van der Waals surface area contributed by atoms with Gasteiger partial charge in [0.1, 0.15) is 0 Å². The minimum absolute atomic E-state index is 0.258. The van der Waals surface area contributed by atoms with E-state index in [-0.39, 0.29) is 11.8 Å². The molecule has 156 valence electrons. The van der Waals surface area contributed by atoms with E-state index in [1.165, 1.54) is 12.0 Å². The van der Waals surface area contributed by atoms with Crippen LogP contribution in [0.15, 0.2) is 54.9 Å². The number of rotatable bonds is 4. The second-order valence-electron chi connectivity index (χ2n) is 9.09. The maximum Gasteiger partial charge on any atom is 0.0991 e. The molecule has 0 radical (unpaired) electrons. The largest absolute Gasteiger partial charge is 0.384 e. The molecule has 2 fully saturated rings. The third kappa shape index (κ3) is 3.36. The molecule has 5 heteroatoms. The molecule has 3 aromatic rings. The summed E-state index contributed by atoms with van der Waals surface area (Å²) in [6.45, 7) is 6.88. The van der Waals surface area contributed by atoms with Crippen molar-refractivity contribution in [3.63, 3.8) is 0 Å². The van der Waals surface area contributed by atoms with Gasteiger partial charge in [0.15, 0.2) is 0 Å². The van der Waals surface area contributed by atoms with E-state index < -0.39 is 5.60 Å². The van der Waals surface area contributed by atoms with Crippen LogP contribution in [0, 0.1) is 25.7 Å². The topological polar surface area (TPSA) is 54.2 Å². The summed E-state index contributed by atoms with van der Waals surface area (Å²) in [5.74, 6) is 0.516. The Hall–Kier alpha value is -2.50. The lowest BCUT2D eigenvalue weighted by Crippen LogP contribution is -2.57. The lowest BCUT2D eigenvalue weighted by atomic mass is 9.63. The third-order valence-electron chi connectivity index (χ3n) is 7.00. The van der Waals surface area contributed by atoms with E-state index in [1.807, 2.05) is 29.9 Å². The van der Waals surface area contributed by atoms with Crippen LogP contribution in [-0.4, -0.2) is 37.9 Å². The Morgan fingerprint density at radius 1 is 1.07 bits per heavy atom. The van der Waals surface area contributed by atoms with Gasteiger partial charge in [-0.15, -0.1) is 0 Å². The minimum atomic E-state index is -0.742. The summed E-state index contributed by atoms with van der Waals surface area (Å²) in [6, 6.07) is 14.8. The Bertz CT molecular complexity index is 1010. The van der Waals surface area contributed by atoms with Crippen molar-refractivity contribution in [1.82, 2.24) is 19.7 Å². The molecule has 1 aromatic carbocycles. The Morgan fingerprint density at radius 3 is 2.53 bits per heavy atom. The molecular weight excluding hydrogens is 372 g/mol. The van der Waals surface area contributed by atoms with Gasteiger partial charge in [0.25, 0.3) is 0 Å². The SMILES string of the molecule is Cc1cc(C)n(-c2cccc(CN3CC4CCCC(C3)C4(O)c3cccnc3)c2)n1. The van der Waals surface area contributed by atoms with Crippen LogP contribution < -0.4 is 0 Å². The van der Waals surface area contributed by atoms with Crippen molar-refractivity contribution >= 4 is 0 Å². The highest BCUT2D eigenvalue weighted by Gasteiger charge is 2.51. The molecule has 30 heavy (non-hydrogen) atoms. The van der Waals surface area contributed by atoms with E-state index in [2.05, 4.69) is 52.2 Å². The monoisotopic (exact) mass is 402 g/mol. The Labute approximate surface area is 178 Å². The number of likely N-dealkylation sites (tertiary alicyclic amines) is 1. The second-order valence-corrected chi connectivity index (χ2v) is 9.09. The van der Waals surface area contributed by atoms with Gasteiger partial charge in [-0.3, -0.25) is 9.88 Å². The number of fused-ring (bicyclic) bond motifs is 2. The van der Waals surface area contributed by atoms with Crippen LogP contribution in [0.3, 0.4) is 0 Å². The van der Waals surface area contributed by atoms with Crippen molar-refractivity contribution in [2.24, 2.45) is 11.8 Å². The van der Waals surface area contributed by atoms with E-state index in [9.17, 15) is 5.11 Å². The number of nitrogens with zero attached hydrogens (tertiary/aromatic N) is 4. The molecule has 5 nitrogen and oxygen atoms in total. The number of aliphatic hydroxyl groups is 1. The number of aromatic nitrogens is 3. The van der Waals surface area contributed by atoms with Gasteiger partial charge < -0.3 is 5.11 Å². The van der Waals surface area contributed by atoms with Crippen LogP contribution in [0.4, 0.5) is 0 Å². The summed E-state index contributed by atoms with van der Waals surface area (Å²) in [7, 11) is 0. The summed E-state index contributed by atoms with van der Waals surface area (Å²) < 4.78 is 2.02. The van der Waals surface area contributed by atoms with Crippen molar-refractivity contribution < 1.29 is 5.11 Å². The molecule has 2 aliphatic rings. The molecule has 0 spiro atoms. The first kappa shape index (κ1) is 19.5. The molecule has 1 aliphatic heterocycles. The summed E-state index contributed by atoms with van der Waals surface area (Å²) >= 11 is 0. The maximum atomic E-state index is 11.8. The van der Waals surface area contributed by atoms with Crippen molar-refractivity contribution in [3.8, 4) is 5.69 Å². The van der Waals surface area contributed by atoms with Crippen molar-refractivity contribution in [2.45, 2.75) is 45.3 Å². The van der Waals surface area contributed by atoms with Crippen LogP contribution in [0.5, 0.6) is 0 Å². The van der Waals surface area contributed by atoms with Gasteiger partial charge in [-0.05, 0) is 56.5 Å². The fourth-order valence-corrected chi connectivity index (χ4v) is 5.68. The van der Waals surface area contributed by atoms with Gasteiger partial charge in [0.2, 0.25) is 0 Å². The summed E-state index contributed by atoms with van der Waals surface area (Å²) in [5, 5.41) is 16.4. The second kappa shape index (κ2) is 7.64. The van der Waals surface area contributed by atoms with E-state index in [0.717, 1.165) is 55.1 Å². The van der Waals surface area contributed by atoms with Crippen molar-refractivity contribution in [1.29, 1.82) is 0 Å². The van der Waals surface area contributed by atoms with E-state index in [4.69, 9.17) is 0 Å². The minimum Gasteiger partial charge on any atom is -0.384 e. The van der Waals surface area contributed by atoms with Gasteiger partial charge in [-0.2, -0.15) is 5.10 Å². The first-order valence-corrected chi connectivity index (χ1v) is 11.0. The number of hydrogen-bond donors (Lipinski definition) is 1. The zero-order valence-electron chi connectivity index (χ0n) is 17.8. The first-order valence-electron chi connectivity index (χ1n) is 11.0.